The van der Waals surface area contributed by atoms with E-state index in [4.69, 9.17) is 4.74 Å². The molecule has 0 atom stereocenters. The van der Waals surface area contributed by atoms with E-state index >= 15 is 0 Å². The van der Waals surface area contributed by atoms with Crippen molar-refractivity contribution in [2.45, 2.75) is 12.5 Å². The molecule has 3 heteroatoms. The van der Waals surface area contributed by atoms with Crippen LogP contribution in [-0.2, 0) is 6.42 Å². The average Bonchev–Trinajstić information content (AvgIpc) is 2.05. The van der Waals surface area contributed by atoms with Crippen molar-refractivity contribution >= 4 is 10.2 Å². The van der Waals surface area contributed by atoms with Crippen LogP contribution in [0.25, 0.3) is 0 Å². The Balaban J connectivity index is 2.86. The van der Waals surface area contributed by atoms with Crippen LogP contribution in [0.3, 0.4) is 0 Å². The van der Waals surface area contributed by atoms with Crippen molar-refractivity contribution in [2.24, 2.45) is 0 Å². The minimum atomic E-state index is 0.204. The van der Waals surface area contributed by atoms with Crippen LogP contribution in [-0.4, -0.2) is 22.5 Å². The zero-order valence-electron chi connectivity index (χ0n) is 7.00. The second-order valence-corrected chi connectivity index (χ2v) is 3.01. The molecule has 1 aromatic rings. The molecule has 0 aliphatic rings. The minimum Gasteiger partial charge on any atom is -0.504 e. The molecule has 0 fully saturated rings. The van der Waals surface area contributed by atoms with Gasteiger partial charge in [-0.15, -0.1) is 0 Å². The van der Waals surface area contributed by atoms with Crippen LogP contribution in [0.1, 0.15) is 5.56 Å². The van der Waals surface area contributed by atoms with Crippen molar-refractivity contribution in [1.82, 2.24) is 0 Å². The molecule has 3 radical (unpaired) electrons. The number of phenolic OH excluding ortho intramolecular Hbond substituents is 1. The maximum Gasteiger partial charge on any atom is 0.160 e. The number of benzene rings is 1. The van der Waals surface area contributed by atoms with E-state index in [2.05, 4.69) is 10.2 Å². The molecule has 0 aliphatic carbocycles. The largest absolute Gasteiger partial charge is 0.504 e. The summed E-state index contributed by atoms with van der Waals surface area (Å²) in [7, 11) is 4.92. The molecular formula is C9H11O2Si. The van der Waals surface area contributed by atoms with Crippen molar-refractivity contribution in [3.05, 3.63) is 23.8 Å². The van der Waals surface area contributed by atoms with Gasteiger partial charge < -0.3 is 9.84 Å². The van der Waals surface area contributed by atoms with Crippen molar-refractivity contribution in [1.29, 1.82) is 0 Å². The summed E-state index contributed by atoms with van der Waals surface area (Å²) in [6.45, 7) is 0. The molecule has 1 rings (SSSR count). The van der Waals surface area contributed by atoms with E-state index in [1.54, 1.807) is 19.2 Å². The lowest BCUT2D eigenvalue weighted by Gasteiger charge is -2.04. The van der Waals surface area contributed by atoms with Crippen molar-refractivity contribution in [3.8, 4) is 11.5 Å². The normalized spacial score (nSPS) is 9.83. The van der Waals surface area contributed by atoms with Crippen LogP contribution in [0.2, 0.25) is 6.04 Å². The van der Waals surface area contributed by atoms with E-state index in [-0.39, 0.29) is 5.75 Å². The summed E-state index contributed by atoms with van der Waals surface area (Å²) in [6, 6.07) is 6.33. The molecule has 0 saturated heterocycles. The molecule has 0 aliphatic heterocycles. The Hall–Kier alpha value is -0.963. The molecule has 1 N–H and O–H groups in total. The van der Waals surface area contributed by atoms with Crippen LogP contribution < -0.4 is 4.74 Å². The van der Waals surface area contributed by atoms with E-state index < -0.39 is 0 Å². The van der Waals surface area contributed by atoms with Gasteiger partial charge >= 0.3 is 0 Å². The smallest absolute Gasteiger partial charge is 0.160 e. The summed E-state index contributed by atoms with van der Waals surface area (Å²) in [5, 5.41) is 9.38. The quantitative estimate of drug-likeness (QED) is 0.713. The van der Waals surface area contributed by atoms with Crippen LogP contribution >= 0.6 is 0 Å². The third kappa shape index (κ3) is 2.01. The average molecular weight is 179 g/mol. The molecule has 0 heterocycles. The van der Waals surface area contributed by atoms with Gasteiger partial charge in [-0.1, -0.05) is 12.1 Å². The maximum absolute atomic E-state index is 9.38. The molecule has 0 saturated carbocycles. The second kappa shape index (κ2) is 4.16. The Morgan fingerprint density at radius 2 is 2.25 bits per heavy atom. The fraction of sp³-hybridized carbons (Fsp3) is 0.333. The van der Waals surface area contributed by atoms with Gasteiger partial charge in [0.1, 0.15) is 0 Å². The lowest BCUT2D eigenvalue weighted by molar-refractivity contribution is 0.373. The van der Waals surface area contributed by atoms with Gasteiger partial charge in [-0.2, -0.15) is 0 Å². The molecule has 12 heavy (non-hydrogen) atoms. The summed E-state index contributed by atoms with van der Waals surface area (Å²) in [5.41, 5.74) is 1.10. The Bertz CT molecular complexity index is 261. The zero-order chi connectivity index (χ0) is 8.97. The first kappa shape index (κ1) is 9.13. The number of aromatic hydroxyl groups is 1. The van der Waals surface area contributed by atoms with Gasteiger partial charge in [0.05, 0.1) is 7.11 Å². The van der Waals surface area contributed by atoms with Crippen LogP contribution in [0.4, 0.5) is 0 Å². The Labute approximate surface area is 75.6 Å². The molecular weight excluding hydrogens is 168 g/mol. The SMILES string of the molecule is COc1ccc(CC[Si])cc1O. The van der Waals surface area contributed by atoms with Crippen molar-refractivity contribution < 1.29 is 9.84 Å². The van der Waals surface area contributed by atoms with E-state index in [0.29, 0.717) is 5.75 Å². The van der Waals surface area contributed by atoms with Crippen LogP contribution in [0, 0.1) is 0 Å². The summed E-state index contributed by atoms with van der Waals surface area (Å²) in [4.78, 5) is 0. The van der Waals surface area contributed by atoms with E-state index in [1.807, 2.05) is 6.07 Å². The lowest BCUT2D eigenvalue weighted by atomic mass is 10.1. The number of hydrogen-bond donors (Lipinski definition) is 1. The Kier molecular flexibility index (Phi) is 3.16. The molecule has 63 valence electrons. The number of hydrogen-bond acceptors (Lipinski definition) is 2. The molecule has 1 aromatic carbocycles. The maximum atomic E-state index is 9.38. The van der Waals surface area contributed by atoms with Gasteiger partial charge in [-0.3, -0.25) is 0 Å². The Morgan fingerprint density at radius 3 is 2.75 bits per heavy atom. The van der Waals surface area contributed by atoms with Gasteiger partial charge in [0, 0.05) is 10.2 Å². The van der Waals surface area contributed by atoms with Gasteiger partial charge in [-0.05, 0) is 24.1 Å². The van der Waals surface area contributed by atoms with Gasteiger partial charge in [0.15, 0.2) is 11.5 Å². The third-order valence-electron chi connectivity index (χ3n) is 1.66. The summed E-state index contributed by atoms with van der Waals surface area (Å²) < 4.78 is 4.92. The first-order chi connectivity index (χ1) is 5.77. The molecule has 0 amide bonds. The molecule has 2 nitrogen and oxygen atoms in total. The topological polar surface area (TPSA) is 29.5 Å². The predicted octanol–water partition coefficient (Wildman–Crippen LogP) is 1.53. The first-order valence-corrected chi connectivity index (χ1v) is 4.49. The van der Waals surface area contributed by atoms with Gasteiger partial charge in [0.25, 0.3) is 0 Å². The second-order valence-electron chi connectivity index (χ2n) is 2.51. The lowest BCUT2D eigenvalue weighted by Crippen LogP contribution is -1.87. The Morgan fingerprint density at radius 1 is 1.50 bits per heavy atom. The summed E-state index contributed by atoms with van der Waals surface area (Å²) >= 11 is 0. The monoisotopic (exact) mass is 179 g/mol. The zero-order valence-corrected chi connectivity index (χ0v) is 8.00. The number of phenols is 1. The highest BCUT2D eigenvalue weighted by atomic mass is 28.1. The molecule has 0 aromatic heterocycles. The standard InChI is InChI=1S/C9H11O2Si/c1-11-9-3-2-7(4-5-12)6-8(9)10/h2-3,6,10H,4-5H2,1H3. The van der Waals surface area contributed by atoms with Crippen molar-refractivity contribution in [2.75, 3.05) is 7.11 Å². The number of rotatable bonds is 3. The predicted molar refractivity (Wildman–Crippen MR) is 48.9 cm³/mol. The highest BCUT2D eigenvalue weighted by Crippen LogP contribution is 2.26. The van der Waals surface area contributed by atoms with Crippen LogP contribution in [0.15, 0.2) is 18.2 Å². The highest BCUT2D eigenvalue weighted by Gasteiger charge is 2.00. The third-order valence-corrected chi connectivity index (χ3v) is 1.91. The molecule has 0 spiro atoms. The number of ether oxygens (including phenoxy) is 1. The number of aryl methyl sites for hydroxylation is 1. The van der Waals surface area contributed by atoms with Gasteiger partial charge in [0.2, 0.25) is 0 Å². The van der Waals surface area contributed by atoms with Crippen molar-refractivity contribution in [3.63, 3.8) is 0 Å². The van der Waals surface area contributed by atoms with Gasteiger partial charge in [-0.25, -0.2) is 0 Å². The van der Waals surface area contributed by atoms with E-state index in [0.717, 1.165) is 18.0 Å². The van der Waals surface area contributed by atoms with Crippen LogP contribution in [0.5, 0.6) is 11.5 Å². The molecule has 0 bridgehead atoms. The highest BCUT2D eigenvalue weighted by molar-refractivity contribution is 6.08. The molecule has 0 unspecified atom stereocenters. The fourth-order valence-electron chi connectivity index (χ4n) is 1.04. The first-order valence-electron chi connectivity index (χ1n) is 3.78. The summed E-state index contributed by atoms with van der Waals surface area (Å²) in [6.07, 6.45) is 0.911. The minimum absolute atomic E-state index is 0.204. The van der Waals surface area contributed by atoms with E-state index in [1.165, 1.54) is 0 Å². The fourth-order valence-corrected chi connectivity index (χ4v) is 1.32. The van der Waals surface area contributed by atoms with E-state index in [9.17, 15) is 5.11 Å². The number of methoxy groups -OCH3 is 1. The summed E-state index contributed by atoms with van der Waals surface area (Å²) in [5.74, 6) is 0.725.